The van der Waals surface area contributed by atoms with E-state index in [0.717, 1.165) is 11.0 Å². The Kier molecular flexibility index (Phi) is 5.43. The van der Waals surface area contributed by atoms with E-state index in [2.05, 4.69) is 0 Å². The van der Waals surface area contributed by atoms with E-state index < -0.39 is 52.1 Å². The van der Waals surface area contributed by atoms with E-state index in [0.29, 0.717) is 31.2 Å². The second-order valence-corrected chi connectivity index (χ2v) is 8.08. The van der Waals surface area contributed by atoms with E-state index in [1.165, 1.54) is 0 Å². The third kappa shape index (κ3) is 3.51. The lowest BCUT2D eigenvalue weighted by atomic mass is 9.86. The van der Waals surface area contributed by atoms with Crippen molar-refractivity contribution in [3.05, 3.63) is 62.3 Å². The number of aromatic amines is 1. The second-order valence-electron chi connectivity index (χ2n) is 8.08. The minimum Gasteiger partial charge on any atom is -0.330 e. The Morgan fingerprint density at radius 1 is 1.09 bits per heavy atom. The quantitative estimate of drug-likeness (QED) is 0.661. The number of nitrogens with one attached hydrogen (secondary N) is 3. The van der Waals surface area contributed by atoms with Crippen molar-refractivity contribution in [2.75, 3.05) is 5.32 Å². The average Bonchev–Trinajstić information content (AvgIpc) is 3.06. The summed E-state index contributed by atoms with van der Waals surface area (Å²) in [5, 5.41) is 3.89. The van der Waals surface area contributed by atoms with Gasteiger partial charge >= 0.3 is 11.9 Å². The molecule has 2 aromatic rings. The second kappa shape index (κ2) is 7.95. The van der Waals surface area contributed by atoms with E-state index in [4.69, 9.17) is 0 Å². The standard InChI is InChI=1S/C21H21F3N4O4/c22-21(23,24)20(27-16(29)13-9-5-2-6-10-13)14-15(25-18(20)31)28(19(32)26-17(14)30)11-12-7-3-1-4-8-12/h1,3-4,7-8,13H,2,5-6,9-11H2,(H,25,31)(H,27,29)(H,26,30,32)/t20-/m0/s1. The van der Waals surface area contributed by atoms with Crippen LogP contribution >= 0.6 is 0 Å². The van der Waals surface area contributed by atoms with Gasteiger partial charge in [-0.05, 0) is 18.4 Å². The highest BCUT2D eigenvalue weighted by atomic mass is 19.4. The molecule has 0 radical (unpaired) electrons. The molecule has 2 heterocycles. The van der Waals surface area contributed by atoms with Gasteiger partial charge in [0.25, 0.3) is 11.5 Å². The molecule has 1 aromatic heterocycles. The average molecular weight is 450 g/mol. The number of aromatic nitrogens is 2. The van der Waals surface area contributed by atoms with Crippen LogP contribution in [0.5, 0.6) is 0 Å². The van der Waals surface area contributed by atoms with Gasteiger partial charge in [-0.1, -0.05) is 49.6 Å². The largest absolute Gasteiger partial charge is 0.425 e. The molecule has 1 fully saturated rings. The van der Waals surface area contributed by atoms with Crippen molar-refractivity contribution >= 4 is 17.6 Å². The summed E-state index contributed by atoms with van der Waals surface area (Å²) in [4.78, 5) is 52.4. The maximum atomic E-state index is 14.4. The van der Waals surface area contributed by atoms with Crippen LogP contribution in [0.25, 0.3) is 0 Å². The molecule has 32 heavy (non-hydrogen) atoms. The van der Waals surface area contributed by atoms with Crippen LogP contribution in [0, 0.1) is 5.92 Å². The fourth-order valence-corrected chi connectivity index (χ4v) is 4.39. The van der Waals surface area contributed by atoms with Gasteiger partial charge in [0.05, 0.1) is 6.54 Å². The van der Waals surface area contributed by atoms with Crippen LogP contribution in [0.15, 0.2) is 39.9 Å². The van der Waals surface area contributed by atoms with Gasteiger partial charge < -0.3 is 10.6 Å². The van der Waals surface area contributed by atoms with Gasteiger partial charge in [0.15, 0.2) is 0 Å². The van der Waals surface area contributed by atoms with Crippen LogP contribution in [-0.2, 0) is 21.7 Å². The SMILES string of the molecule is O=C(N[C@]1(C(F)(F)F)C(=O)Nc2c1c(=O)[nH]c(=O)n2Cc1ccccc1)C1CCCCC1. The summed E-state index contributed by atoms with van der Waals surface area (Å²) < 4.78 is 44.0. The van der Waals surface area contributed by atoms with Gasteiger partial charge in [0, 0.05) is 5.92 Å². The van der Waals surface area contributed by atoms with Crippen LogP contribution in [0.1, 0.15) is 43.2 Å². The number of amides is 2. The first-order valence-electron chi connectivity index (χ1n) is 10.3. The molecular formula is C21H21F3N4O4. The molecular weight excluding hydrogens is 429 g/mol. The van der Waals surface area contributed by atoms with Crippen molar-refractivity contribution in [2.24, 2.45) is 5.92 Å². The minimum atomic E-state index is -5.32. The first kappa shape index (κ1) is 21.8. The Morgan fingerprint density at radius 3 is 2.38 bits per heavy atom. The van der Waals surface area contributed by atoms with Crippen molar-refractivity contribution in [1.29, 1.82) is 0 Å². The summed E-state index contributed by atoms with van der Waals surface area (Å²) in [6.45, 7) is -0.191. The first-order valence-corrected chi connectivity index (χ1v) is 10.3. The van der Waals surface area contributed by atoms with Crippen LogP contribution < -0.4 is 21.9 Å². The lowest BCUT2D eigenvalue weighted by Gasteiger charge is -2.32. The zero-order valence-electron chi connectivity index (χ0n) is 16.9. The minimum absolute atomic E-state index is 0.191. The molecule has 1 aromatic carbocycles. The first-order chi connectivity index (χ1) is 15.1. The summed E-state index contributed by atoms with van der Waals surface area (Å²) in [6, 6.07) is 8.36. The Hall–Kier alpha value is -3.37. The number of hydrogen-bond donors (Lipinski definition) is 3. The predicted molar refractivity (Wildman–Crippen MR) is 108 cm³/mol. The smallest absolute Gasteiger partial charge is 0.330 e. The lowest BCUT2D eigenvalue weighted by Crippen LogP contribution is -2.63. The zero-order valence-corrected chi connectivity index (χ0v) is 16.9. The molecule has 2 aliphatic rings. The summed E-state index contributed by atoms with van der Waals surface area (Å²) in [7, 11) is 0. The fraction of sp³-hybridized carbons (Fsp3) is 0.429. The number of rotatable bonds is 4. The van der Waals surface area contributed by atoms with E-state index >= 15 is 0 Å². The highest BCUT2D eigenvalue weighted by molar-refractivity contribution is 6.07. The number of nitrogens with zero attached hydrogens (tertiary/aromatic N) is 1. The fourth-order valence-electron chi connectivity index (χ4n) is 4.39. The van der Waals surface area contributed by atoms with Crippen molar-refractivity contribution in [3.63, 3.8) is 0 Å². The molecule has 8 nitrogen and oxygen atoms in total. The number of carbonyl (C=O) groups excluding carboxylic acids is 2. The predicted octanol–water partition coefficient (Wildman–Crippen LogP) is 1.99. The molecule has 3 N–H and O–H groups in total. The number of benzene rings is 1. The molecule has 0 bridgehead atoms. The lowest BCUT2D eigenvalue weighted by molar-refractivity contribution is -0.201. The summed E-state index contributed by atoms with van der Waals surface area (Å²) in [5.41, 5.74) is -6.41. The number of anilines is 1. The normalized spacial score (nSPS) is 21.2. The molecule has 1 atom stereocenters. The topological polar surface area (TPSA) is 113 Å². The Labute approximate surface area is 179 Å². The van der Waals surface area contributed by atoms with Crippen LogP contribution in [0.3, 0.4) is 0 Å². The van der Waals surface area contributed by atoms with Crippen molar-refractivity contribution < 1.29 is 22.8 Å². The molecule has 2 amide bonds. The number of fused-ring (bicyclic) bond motifs is 1. The van der Waals surface area contributed by atoms with E-state index in [-0.39, 0.29) is 6.54 Å². The van der Waals surface area contributed by atoms with Gasteiger partial charge in [-0.3, -0.25) is 23.9 Å². The molecule has 0 unspecified atom stereocenters. The molecule has 4 rings (SSSR count). The summed E-state index contributed by atoms with van der Waals surface area (Å²) >= 11 is 0. The Balaban J connectivity index is 1.85. The number of hydrogen-bond acceptors (Lipinski definition) is 4. The maximum Gasteiger partial charge on any atom is 0.425 e. The van der Waals surface area contributed by atoms with E-state index in [1.54, 1.807) is 30.3 Å². The zero-order chi connectivity index (χ0) is 23.1. The van der Waals surface area contributed by atoms with Gasteiger partial charge in [0.1, 0.15) is 11.4 Å². The molecule has 170 valence electrons. The third-order valence-electron chi connectivity index (χ3n) is 6.04. The molecule has 1 aliphatic carbocycles. The number of carbonyl (C=O) groups is 2. The number of H-pyrrole nitrogens is 1. The van der Waals surface area contributed by atoms with Gasteiger partial charge in [0.2, 0.25) is 11.4 Å². The summed E-state index contributed by atoms with van der Waals surface area (Å²) in [5.74, 6) is -3.82. The number of alkyl halides is 3. The van der Waals surface area contributed by atoms with Gasteiger partial charge in [-0.25, -0.2) is 4.79 Å². The molecule has 1 aliphatic heterocycles. The van der Waals surface area contributed by atoms with Crippen LogP contribution in [-0.4, -0.2) is 27.5 Å². The van der Waals surface area contributed by atoms with Crippen LogP contribution in [0.2, 0.25) is 0 Å². The summed E-state index contributed by atoms with van der Waals surface area (Å²) in [6.07, 6.45) is -2.26. The Morgan fingerprint density at radius 2 is 1.75 bits per heavy atom. The van der Waals surface area contributed by atoms with Crippen molar-refractivity contribution in [2.45, 2.75) is 50.4 Å². The van der Waals surface area contributed by atoms with Crippen molar-refractivity contribution in [3.8, 4) is 0 Å². The Bertz CT molecular complexity index is 1170. The van der Waals surface area contributed by atoms with Crippen molar-refractivity contribution in [1.82, 2.24) is 14.9 Å². The van der Waals surface area contributed by atoms with Gasteiger partial charge in [-0.2, -0.15) is 13.2 Å². The van der Waals surface area contributed by atoms with Crippen LogP contribution in [0.4, 0.5) is 19.0 Å². The monoisotopic (exact) mass is 450 g/mol. The maximum absolute atomic E-state index is 14.4. The van der Waals surface area contributed by atoms with E-state index in [1.807, 2.05) is 15.6 Å². The highest BCUT2D eigenvalue weighted by Crippen LogP contribution is 2.45. The molecule has 0 spiro atoms. The molecule has 0 saturated heterocycles. The van der Waals surface area contributed by atoms with E-state index in [9.17, 15) is 32.3 Å². The number of halogens is 3. The third-order valence-corrected chi connectivity index (χ3v) is 6.04. The molecule has 11 heteroatoms. The van der Waals surface area contributed by atoms with Gasteiger partial charge in [-0.15, -0.1) is 0 Å². The highest BCUT2D eigenvalue weighted by Gasteiger charge is 2.68. The molecule has 1 saturated carbocycles.